The monoisotopic (exact) mass is 649 g/mol. The normalized spacial score (nSPS) is 14.7. The predicted molar refractivity (Wildman–Crippen MR) is 151 cm³/mol. The molecule has 1 aliphatic rings. The number of carbonyl (C=O) groups is 2. The first-order valence-corrected chi connectivity index (χ1v) is 13.7. The van der Waals surface area contributed by atoms with E-state index >= 15 is 0 Å². The third kappa shape index (κ3) is 7.52. The molecule has 0 spiro atoms. The molecule has 0 aliphatic carbocycles. The Morgan fingerprint density at radius 2 is 1.69 bits per heavy atom. The first-order valence-electron chi connectivity index (χ1n) is 12.7. The van der Waals surface area contributed by atoms with Crippen molar-refractivity contribution in [3.8, 4) is 5.75 Å². The topological polar surface area (TPSA) is 107 Å². The summed E-state index contributed by atoms with van der Waals surface area (Å²) in [5, 5.41) is 21.3. The van der Waals surface area contributed by atoms with Crippen molar-refractivity contribution >= 4 is 34.4 Å². The van der Waals surface area contributed by atoms with Crippen molar-refractivity contribution in [2.45, 2.75) is 38.0 Å². The van der Waals surface area contributed by atoms with Crippen LogP contribution in [0.4, 0.5) is 8.78 Å². The fourth-order valence-corrected chi connectivity index (χ4v) is 5.29. The third-order valence-corrected chi connectivity index (χ3v) is 7.38. The molecule has 4 N–H and O–H groups in total. The lowest BCUT2D eigenvalue weighted by Gasteiger charge is -2.29. The third-order valence-electron chi connectivity index (χ3n) is 6.71. The molecule has 0 saturated carbocycles. The zero-order valence-electron chi connectivity index (χ0n) is 21.2. The van der Waals surface area contributed by atoms with Crippen molar-refractivity contribution in [1.82, 2.24) is 9.80 Å². The van der Waals surface area contributed by atoms with Gasteiger partial charge < -0.3 is 25.7 Å². The van der Waals surface area contributed by atoms with Crippen molar-refractivity contribution in [1.29, 1.82) is 0 Å². The summed E-state index contributed by atoms with van der Waals surface area (Å²) in [6.07, 6.45) is 0.546. The highest BCUT2D eigenvalue weighted by molar-refractivity contribution is 14.1. The summed E-state index contributed by atoms with van der Waals surface area (Å²) in [4.78, 5) is 29.7. The van der Waals surface area contributed by atoms with Crippen LogP contribution in [0.25, 0.3) is 0 Å². The van der Waals surface area contributed by atoms with Gasteiger partial charge in [0, 0.05) is 47.4 Å². The largest absolute Gasteiger partial charge is 0.507 e. The maximum absolute atomic E-state index is 13.7. The van der Waals surface area contributed by atoms with Crippen LogP contribution < -0.4 is 5.73 Å². The van der Waals surface area contributed by atoms with Gasteiger partial charge in [-0.15, -0.1) is 0 Å². The van der Waals surface area contributed by atoms with E-state index in [2.05, 4.69) is 22.6 Å². The molecular formula is C29H30F2IN3O4. The van der Waals surface area contributed by atoms with E-state index in [1.54, 1.807) is 4.90 Å². The highest BCUT2D eigenvalue weighted by atomic mass is 127. The van der Waals surface area contributed by atoms with Crippen LogP contribution in [0.5, 0.6) is 5.75 Å². The number of amides is 2. The molecule has 2 atom stereocenters. The molecule has 7 nitrogen and oxygen atoms in total. The summed E-state index contributed by atoms with van der Waals surface area (Å²) in [6, 6.07) is 13.8. The van der Waals surface area contributed by atoms with Gasteiger partial charge in [-0.2, -0.15) is 0 Å². The number of halogens is 3. The zero-order valence-corrected chi connectivity index (χ0v) is 23.4. The van der Waals surface area contributed by atoms with Crippen molar-refractivity contribution in [2.24, 2.45) is 5.73 Å². The summed E-state index contributed by atoms with van der Waals surface area (Å²) in [5.74, 6) is -2.50. The van der Waals surface area contributed by atoms with E-state index in [1.807, 2.05) is 24.3 Å². The minimum atomic E-state index is -1.22. The summed E-state index contributed by atoms with van der Waals surface area (Å²) in [6.45, 7) is 1.16. The minimum Gasteiger partial charge on any atom is -0.507 e. The first-order chi connectivity index (χ1) is 18.6. The number of hydrogen-bond acceptors (Lipinski definition) is 5. The molecular weight excluding hydrogens is 619 g/mol. The SMILES string of the molecule is NC(Cc1cc(F)cc(F)c1)C(O)CN(Cc1cccc(I)c1)C(=O)c1ccc(O)c(C(=O)N2CCCC2)c1. The van der Waals surface area contributed by atoms with Gasteiger partial charge in [0.05, 0.1) is 11.7 Å². The van der Waals surface area contributed by atoms with Crippen molar-refractivity contribution < 1.29 is 28.6 Å². The molecule has 0 bridgehead atoms. The van der Waals surface area contributed by atoms with E-state index in [0.29, 0.717) is 13.1 Å². The highest BCUT2D eigenvalue weighted by Crippen LogP contribution is 2.24. The average molecular weight is 649 g/mol. The lowest BCUT2D eigenvalue weighted by Crippen LogP contribution is -2.46. The summed E-state index contributed by atoms with van der Waals surface area (Å²) >= 11 is 2.16. The number of nitrogens with two attached hydrogens (primary N) is 1. The van der Waals surface area contributed by atoms with E-state index in [9.17, 15) is 28.6 Å². The zero-order chi connectivity index (χ0) is 28.1. The number of aromatic hydroxyl groups is 1. The quantitative estimate of drug-likeness (QED) is 0.303. The number of aliphatic hydroxyl groups is 1. The average Bonchev–Trinajstić information content (AvgIpc) is 3.42. The maximum atomic E-state index is 13.7. The van der Waals surface area contributed by atoms with Gasteiger partial charge in [-0.05, 0) is 95.4 Å². The van der Waals surface area contributed by atoms with Gasteiger partial charge in [0.15, 0.2) is 0 Å². The van der Waals surface area contributed by atoms with E-state index in [1.165, 1.54) is 23.1 Å². The van der Waals surface area contributed by atoms with E-state index in [4.69, 9.17) is 5.73 Å². The molecule has 3 aromatic rings. The van der Waals surface area contributed by atoms with Gasteiger partial charge in [-0.25, -0.2) is 8.78 Å². The molecule has 39 heavy (non-hydrogen) atoms. The molecule has 4 rings (SSSR count). The van der Waals surface area contributed by atoms with E-state index in [0.717, 1.165) is 40.2 Å². The Morgan fingerprint density at radius 3 is 2.36 bits per heavy atom. The Bertz CT molecular complexity index is 1330. The van der Waals surface area contributed by atoms with Gasteiger partial charge in [0.1, 0.15) is 17.4 Å². The number of hydrogen-bond donors (Lipinski definition) is 3. The van der Waals surface area contributed by atoms with Crippen molar-refractivity contribution in [3.63, 3.8) is 0 Å². The van der Waals surface area contributed by atoms with Gasteiger partial charge in [0.2, 0.25) is 0 Å². The number of rotatable bonds is 9. The number of carbonyl (C=O) groups excluding carboxylic acids is 2. The van der Waals surface area contributed by atoms with Gasteiger partial charge >= 0.3 is 0 Å². The number of likely N-dealkylation sites (tertiary alicyclic amines) is 1. The fraction of sp³-hybridized carbons (Fsp3) is 0.310. The first kappa shape index (κ1) is 28.9. The van der Waals surface area contributed by atoms with Gasteiger partial charge in [-0.3, -0.25) is 9.59 Å². The van der Waals surface area contributed by atoms with E-state index < -0.39 is 29.7 Å². The van der Waals surface area contributed by atoms with Crippen LogP contribution in [0.2, 0.25) is 0 Å². The van der Waals surface area contributed by atoms with Crippen LogP contribution in [-0.4, -0.2) is 63.6 Å². The molecule has 2 amide bonds. The van der Waals surface area contributed by atoms with Crippen LogP contribution in [0.3, 0.4) is 0 Å². The van der Waals surface area contributed by atoms with Crippen molar-refractivity contribution in [3.05, 3.63) is 98.1 Å². The predicted octanol–water partition coefficient (Wildman–Crippen LogP) is 4.08. The number of phenols is 1. The summed E-state index contributed by atoms with van der Waals surface area (Å²) < 4.78 is 28.2. The highest BCUT2D eigenvalue weighted by Gasteiger charge is 2.27. The molecule has 0 aromatic heterocycles. The second kappa shape index (κ2) is 12.8. The number of phenolic OH excluding ortho intramolecular Hbond substituents is 1. The Kier molecular flexibility index (Phi) is 9.52. The van der Waals surface area contributed by atoms with Gasteiger partial charge in [-0.1, -0.05) is 12.1 Å². The standard InChI is InChI=1S/C29H30F2IN3O4/c30-21-10-19(11-22(31)15-21)13-25(33)27(37)17-35(16-18-4-3-5-23(32)12-18)28(38)20-6-7-26(36)24(14-20)29(39)34-8-1-2-9-34/h3-7,10-12,14-15,25,27,36-37H,1-2,8-9,13,16-17,33H2. The van der Waals surface area contributed by atoms with Crippen molar-refractivity contribution in [2.75, 3.05) is 19.6 Å². The van der Waals surface area contributed by atoms with Crippen LogP contribution >= 0.6 is 22.6 Å². The second-order valence-corrected chi connectivity index (χ2v) is 11.0. The maximum Gasteiger partial charge on any atom is 0.257 e. The molecule has 1 saturated heterocycles. The lowest BCUT2D eigenvalue weighted by molar-refractivity contribution is 0.0554. The molecule has 1 aliphatic heterocycles. The number of benzene rings is 3. The number of nitrogens with zero attached hydrogens (tertiary/aromatic N) is 2. The van der Waals surface area contributed by atoms with Crippen LogP contribution in [0.15, 0.2) is 60.7 Å². The Balaban J connectivity index is 1.57. The summed E-state index contributed by atoms with van der Waals surface area (Å²) in [7, 11) is 0. The molecule has 0 radical (unpaired) electrons. The second-order valence-electron chi connectivity index (χ2n) is 9.76. The number of aliphatic hydroxyl groups excluding tert-OH is 1. The van der Waals surface area contributed by atoms with Gasteiger partial charge in [0.25, 0.3) is 11.8 Å². The Labute approximate surface area is 239 Å². The Morgan fingerprint density at radius 1 is 1.00 bits per heavy atom. The van der Waals surface area contributed by atoms with Crippen LogP contribution in [0.1, 0.15) is 44.7 Å². The molecule has 1 fully saturated rings. The molecule has 2 unspecified atom stereocenters. The van der Waals surface area contributed by atoms with E-state index in [-0.39, 0.29) is 47.9 Å². The van der Waals surface area contributed by atoms with Crippen LogP contribution in [0, 0.1) is 15.2 Å². The summed E-state index contributed by atoms with van der Waals surface area (Å²) in [5.41, 5.74) is 7.51. The smallest absolute Gasteiger partial charge is 0.257 e. The lowest BCUT2D eigenvalue weighted by atomic mass is 10.0. The molecule has 10 heteroatoms. The van der Waals surface area contributed by atoms with Crippen LogP contribution in [-0.2, 0) is 13.0 Å². The Hall–Kier alpha value is -3.09. The fourth-order valence-electron chi connectivity index (χ4n) is 4.69. The molecule has 206 valence electrons. The molecule has 1 heterocycles. The molecule has 3 aromatic carbocycles. The minimum absolute atomic E-state index is 0.00515.